The molecule has 2 aliphatic heterocycles. The van der Waals surface area contributed by atoms with Gasteiger partial charge in [0.1, 0.15) is 5.75 Å². The zero-order chi connectivity index (χ0) is 27.1. The third-order valence-electron chi connectivity index (χ3n) is 8.86. The van der Waals surface area contributed by atoms with E-state index in [-0.39, 0.29) is 11.8 Å². The highest BCUT2D eigenvalue weighted by Crippen LogP contribution is 2.65. The molecule has 204 valence electrons. The number of ether oxygens (including phenoxy) is 2. The van der Waals surface area contributed by atoms with Crippen LogP contribution in [0.15, 0.2) is 60.7 Å². The second-order valence-corrected chi connectivity index (χ2v) is 11.3. The zero-order valence-electron chi connectivity index (χ0n) is 22.7. The summed E-state index contributed by atoms with van der Waals surface area (Å²) in [6.07, 6.45) is 7.27. The van der Waals surface area contributed by atoms with E-state index in [1.165, 1.54) is 5.56 Å². The molecule has 3 heterocycles. The molecule has 2 atom stereocenters. The molecule has 3 aliphatic rings. The van der Waals surface area contributed by atoms with E-state index in [9.17, 15) is 4.79 Å². The highest BCUT2D eigenvalue weighted by molar-refractivity contribution is 6.10. The fourth-order valence-electron chi connectivity index (χ4n) is 6.39. The maximum atomic E-state index is 13.0. The van der Waals surface area contributed by atoms with Crippen LogP contribution >= 0.6 is 0 Å². The van der Waals surface area contributed by atoms with Gasteiger partial charge in [-0.2, -0.15) is 5.10 Å². The Morgan fingerprint density at radius 1 is 1.07 bits per heavy atom. The number of hydrogen-bond acceptors (Lipinski definition) is 5. The van der Waals surface area contributed by atoms with Crippen LogP contribution in [-0.2, 0) is 21.5 Å². The van der Waals surface area contributed by atoms with E-state index in [0.717, 1.165) is 96.2 Å². The topological polar surface area (TPSA) is 88.3 Å². The molecular formula is C33H34N4O3. The Bertz CT molecular complexity index is 1590. The lowest BCUT2D eigenvalue weighted by molar-refractivity contribution is -0.118. The largest absolute Gasteiger partial charge is 0.497 e. The summed E-state index contributed by atoms with van der Waals surface area (Å²) in [5.41, 5.74) is 6.89. The molecular weight excluding hydrogens is 500 g/mol. The summed E-state index contributed by atoms with van der Waals surface area (Å²) in [5.74, 6) is 1.72. The van der Waals surface area contributed by atoms with Crippen molar-refractivity contribution in [2.75, 3.05) is 32.2 Å². The lowest BCUT2D eigenvalue weighted by atomic mass is 9.91. The average Bonchev–Trinajstić information content (AvgIpc) is 3.53. The molecule has 7 rings (SSSR count). The third-order valence-corrected chi connectivity index (χ3v) is 8.86. The number of hydrogen-bond donors (Lipinski definition) is 3. The highest BCUT2D eigenvalue weighted by atomic mass is 16.5. The number of aromatic amines is 1. The molecule has 1 spiro atoms. The number of carbonyl (C=O) groups is 1. The molecule has 0 radical (unpaired) electrons. The van der Waals surface area contributed by atoms with Crippen molar-refractivity contribution in [1.29, 1.82) is 0 Å². The first-order chi connectivity index (χ1) is 19.6. The molecule has 0 unspecified atom stereocenters. The molecule has 1 saturated carbocycles. The van der Waals surface area contributed by atoms with Crippen LogP contribution in [0.4, 0.5) is 5.69 Å². The minimum atomic E-state index is -0.507. The van der Waals surface area contributed by atoms with E-state index in [2.05, 4.69) is 75.4 Å². The van der Waals surface area contributed by atoms with Gasteiger partial charge in [0.05, 0.1) is 23.7 Å². The molecule has 1 aliphatic carbocycles. The molecule has 7 nitrogen and oxygen atoms in total. The average molecular weight is 535 g/mol. The summed E-state index contributed by atoms with van der Waals surface area (Å²) in [7, 11) is 1.66. The second kappa shape index (κ2) is 10.2. The number of aromatic nitrogens is 2. The fraction of sp³-hybridized carbons (Fsp3) is 0.333. The molecule has 40 heavy (non-hydrogen) atoms. The Balaban J connectivity index is 1.02. The van der Waals surface area contributed by atoms with E-state index in [1.54, 1.807) is 7.11 Å². The van der Waals surface area contributed by atoms with E-state index >= 15 is 0 Å². The van der Waals surface area contributed by atoms with Gasteiger partial charge in [-0.3, -0.25) is 9.89 Å². The summed E-state index contributed by atoms with van der Waals surface area (Å²) in [6, 6.07) is 20.9. The first-order valence-electron chi connectivity index (χ1n) is 14.2. The van der Waals surface area contributed by atoms with Gasteiger partial charge in [0, 0.05) is 36.8 Å². The molecule has 3 N–H and O–H groups in total. The second-order valence-electron chi connectivity index (χ2n) is 11.3. The Hall–Kier alpha value is -3.94. The maximum Gasteiger partial charge on any atom is 0.235 e. The number of methoxy groups -OCH3 is 1. The van der Waals surface area contributed by atoms with Gasteiger partial charge in [-0.1, -0.05) is 42.5 Å². The van der Waals surface area contributed by atoms with Crippen LogP contribution in [0.25, 0.3) is 23.1 Å². The summed E-state index contributed by atoms with van der Waals surface area (Å²) in [6.45, 7) is 3.72. The third kappa shape index (κ3) is 4.49. The number of anilines is 1. The van der Waals surface area contributed by atoms with Crippen molar-refractivity contribution in [2.45, 2.75) is 37.1 Å². The quantitative estimate of drug-likeness (QED) is 0.273. The minimum absolute atomic E-state index is 0.0789. The van der Waals surface area contributed by atoms with E-state index in [0.29, 0.717) is 0 Å². The number of amides is 1. The molecule has 2 fully saturated rings. The molecule has 3 aromatic carbocycles. The fourth-order valence-corrected chi connectivity index (χ4v) is 6.39. The molecule has 1 aromatic heterocycles. The Labute approximate surface area is 234 Å². The molecule has 1 saturated heterocycles. The maximum absolute atomic E-state index is 13.0. The first kappa shape index (κ1) is 25.1. The number of rotatable bonds is 8. The van der Waals surface area contributed by atoms with Gasteiger partial charge in [0.25, 0.3) is 0 Å². The van der Waals surface area contributed by atoms with Crippen molar-refractivity contribution in [1.82, 2.24) is 15.5 Å². The standard InChI is InChI=1S/C33H34N4O3/c1-39-25-8-11-30-27(17-25)33(32(38)35-30)18-28(33)24-7-9-26-29(36-37-31(26)16-24)10-6-21-2-4-22(5-3-21)19-34-20-23-12-14-40-15-13-23/h2-11,16-17,23,28,34H,12-15,18-20H2,1H3,(H,35,38)(H,36,37)/b10-6+/t28-,33-/m0/s1. The van der Waals surface area contributed by atoms with Gasteiger partial charge in [-0.25, -0.2) is 0 Å². The van der Waals surface area contributed by atoms with Crippen molar-refractivity contribution >= 4 is 34.6 Å². The molecule has 1 amide bonds. The Morgan fingerprint density at radius 2 is 1.93 bits per heavy atom. The van der Waals surface area contributed by atoms with Crippen LogP contribution in [0.3, 0.4) is 0 Å². The van der Waals surface area contributed by atoms with Gasteiger partial charge in [0.2, 0.25) is 5.91 Å². The van der Waals surface area contributed by atoms with E-state index < -0.39 is 5.41 Å². The number of H-pyrrole nitrogens is 1. The molecule has 4 aromatic rings. The van der Waals surface area contributed by atoms with E-state index in [1.807, 2.05) is 18.2 Å². The van der Waals surface area contributed by atoms with Gasteiger partial charge in [0.15, 0.2) is 0 Å². The highest BCUT2D eigenvalue weighted by Gasteiger charge is 2.65. The lowest BCUT2D eigenvalue weighted by Crippen LogP contribution is -2.27. The number of benzene rings is 3. The van der Waals surface area contributed by atoms with Crippen molar-refractivity contribution in [3.63, 3.8) is 0 Å². The predicted octanol–water partition coefficient (Wildman–Crippen LogP) is 5.64. The van der Waals surface area contributed by atoms with Gasteiger partial charge >= 0.3 is 0 Å². The number of carbonyl (C=O) groups excluding carboxylic acids is 1. The van der Waals surface area contributed by atoms with Crippen LogP contribution in [0.2, 0.25) is 0 Å². The summed E-state index contributed by atoms with van der Waals surface area (Å²) < 4.78 is 10.9. The Kier molecular flexibility index (Phi) is 6.41. The summed E-state index contributed by atoms with van der Waals surface area (Å²) in [5, 5.41) is 15.5. The smallest absolute Gasteiger partial charge is 0.235 e. The lowest BCUT2D eigenvalue weighted by Gasteiger charge is -2.22. The van der Waals surface area contributed by atoms with Gasteiger partial charge in [-0.15, -0.1) is 0 Å². The van der Waals surface area contributed by atoms with E-state index in [4.69, 9.17) is 9.47 Å². The monoisotopic (exact) mass is 534 g/mol. The SMILES string of the molecule is COc1ccc2c(c1)[C@]1(C[C@H]1c1ccc3c(/C=C/c4ccc(CNCC5CCOCC5)cc4)n[nH]c3c1)C(=O)N2. The normalized spacial score (nSPS) is 22.2. The van der Waals surface area contributed by atoms with Crippen molar-refractivity contribution in [2.24, 2.45) is 5.92 Å². The van der Waals surface area contributed by atoms with Crippen molar-refractivity contribution in [3.8, 4) is 5.75 Å². The van der Waals surface area contributed by atoms with Crippen LogP contribution < -0.4 is 15.4 Å². The van der Waals surface area contributed by atoms with Crippen molar-refractivity contribution in [3.05, 3.63) is 88.6 Å². The molecule has 7 heteroatoms. The summed E-state index contributed by atoms with van der Waals surface area (Å²) >= 11 is 0. The van der Waals surface area contributed by atoms with Crippen LogP contribution in [0.5, 0.6) is 5.75 Å². The van der Waals surface area contributed by atoms with Gasteiger partial charge < -0.3 is 20.1 Å². The summed E-state index contributed by atoms with van der Waals surface area (Å²) in [4.78, 5) is 13.0. The van der Waals surface area contributed by atoms with Crippen molar-refractivity contribution < 1.29 is 14.3 Å². The Morgan fingerprint density at radius 3 is 2.75 bits per heavy atom. The molecule has 0 bridgehead atoms. The predicted molar refractivity (Wildman–Crippen MR) is 157 cm³/mol. The number of nitrogens with one attached hydrogen (secondary N) is 3. The first-order valence-corrected chi connectivity index (χ1v) is 14.2. The van der Waals surface area contributed by atoms with Crippen LogP contribution in [0, 0.1) is 5.92 Å². The number of fused-ring (bicyclic) bond motifs is 3. The van der Waals surface area contributed by atoms with Gasteiger partial charge in [-0.05, 0) is 84.3 Å². The van der Waals surface area contributed by atoms with Crippen LogP contribution in [0.1, 0.15) is 53.1 Å². The number of nitrogens with zero attached hydrogens (tertiary/aromatic N) is 1. The van der Waals surface area contributed by atoms with Crippen LogP contribution in [-0.4, -0.2) is 43.0 Å². The zero-order valence-corrected chi connectivity index (χ0v) is 22.7. The minimum Gasteiger partial charge on any atom is -0.497 e.